The number of halogens is 1. The fourth-order valence-corrected chi connectivity index (χ4v) is 10.4. The highest BCUT2D eigenvalue weighted by Gasteiger charge is 2.50. The topological polar surface area (TPSA) is 83.1 Å². The Morgan fingerprint density at radius 1 is 0.408 bits per heavy atom. The number of rotatable bonds is 33. The van der Waals surface area contributed by atoms with Crippen LogP contribution in [-0.4, -0.2) is 125 Å². The van der Waals surface area contributed by atoms with Crippen molar-refractivity contribution in [2.24, 2.45) is 0 Å². The Morgan fingerprint density at radius 3 is 1.04 bits per heavy atom. The van der Waals surface area contributed by atoms with Gasteiger partial charge in [0.25, 0.3) is 8.32 Å². The van der Waals surface area contributed by atoms with Gasteiger partial charge in [-0.3, -0.25) is 0 Å². The van der Waals surface area contributed by atoms with Crippen molar-refractivity contribution in [2.75, 3.05) is 117 Å². The molecule has 2 aromatic carbocycles. The van der Waals surface area contributed by atoms with Gasteiger partial charge in [-0.25, -0.2) is 0 Å². The molecular formula is C38H63IO9Si. The Bertz CT molecular complexity index is 958. The van der Waals surface area contributed by atoms with Gasteiger partial charge in [0, 0.05) is 6.61 Å². The van der Waals surface area contributed by atoms with Crippen molar-refractivity contribution >= 4 is 41.3 Å². The van der Waals surface area contributed by atoms with Crippen LogP contribution in [0.25, 0.3) is 0 Å². The van der Waals surface area contributed by atoms with Gasteiger partial charge < -0.3 is 42.3 Å². The number of hydrogen-bond acceptors (Lipinski definition) is 9. The average molecular weight is 819 g/mol. The fraction of sp³-hybridized carbons (Fsp3) is 0.684. The highest BCUT2D eigenvalue weighted by molar-refractivity contribution is 14.1. The minimum atomic E-state index is -2.53. The van der Waals surface area contributed by atoms with E-state index in [1.54, 1.807) is 0 Å². The Kier molecular flexibility index (Phi) is 26.7. The monoisotopic (exact) mass is 818 g/mol. The minimum Gasteiger partial charge on any atom is -0.405 e. The van der Waals surface area contributed by atoms with Gasteiger partial charge in [-0.15, -0.1) is 0 Å². The zero-order valence-electron chi connectivity index (χ0n) is 30.4. The molecule has 0 radical (unpaired) electrons. The molecule has 11 heteroatoms. The third kappa shape index (κ3) is 20.0. The van der Waals surface area contributed by atoms with Crippen molar-refractivity contribution in [1.82, 2.24) is 0 Å². The first-order valence-electron chi connectivity index (χ1n) is 18.0. The average Bonchev–Trinajstić information content (AvgIpc) is 3.11. The zero-order chi connectivity index (χ0) is 35.1. The van der Waals surface area contributed by atoms with Gasteiger partial charge >= 0.3 is 0 Å². The third-order valence-electron chi connectivity index (χ3n) is 7.74. The van der Waals surface area contributed by atoms with Crippen LogP contribution in [0.1, 0.15) is 46.5 Å². The molecule has 280 valence electrons. The maximum Gasteiger partial charge on any atom is 0.261 e. The molecule has 49 heavy (non-hydrogen) atoms. The fourth-order valence-electron chi connectivity index (χ4n) is 5.31. The SMILES string of the molecule is CC(C)(C)[Si](OCCOCCOCCOCCOCCOCCOCCOCCOCCCCCCI)(c1ccccc1)c1ccccc1. The maximum absolute atomic E-state index is 6.85. The van der Waals surface area contributed by atoms with Crippen molar-refractivity contribution in [3.63, 3.8) is 0 Å². The van der Waals surface area contributed by atoms with Crippen molar-refractivity contribution in [2.45, 2.75) is 51.5 Å². The number of ether oxygens (including phenoxy) is 8. The highest BCUT2D eigenvalue weighted by Crippen LogP contribution is 2.36. The molecule has 0 aromatic heterocycles. The summed E-state index contributed by atoms with van der Waals surface area (Å²) in [5, 5.41) is 2.50. The quantitative estimate of drug-likeness (QED) is 0.0391. The Labute approximate surface area is 311 Å². The van der Waals surface area contributed by atoms with E-state index in [1.807, 2.05) is 0 Å². The number of benzene rings is 2. The lowest BCUT2D eigenvalue weighted by Gasteiger charge is -2.43. The Balaban J connectivity index is 1.36. The molecule has 0 heterocycles. The van der Waals surface area contributed by atoms with E-state index in [1.165, 1.54) is 34.1 Å². The molecule has 0 aliphatic heterocycles. The second kappa shape index (κ2) is 29.6. The Morgan fingerprint density at radius 2 is 0.714 bits per heavy atom. The molecule has 0 amide bonds. The summed E-state index contributed by atoms with van der Waals surface area (Å²) in [5.41, 5.74) is 0. The van der Waals surface area contributed by atoms with Gasteiger partial charge in [0.2, 0.25) is 0 Å². The summed E-state index contributed by atoms with van der Waals surface area (Å²) in [4.78, 5) is 0. The molecule has 2 aromatic rings. The van der Waals surface area contributed by atoms with Crippen LogP contribution in [0.4, 0.5) is 0 Å². The summed E-state index contributed by atoms with van der Waals surface area (Å²) < 4.78 is 52.9. The van der Waals surface area contributed by atoms with Gasteiger partial charge in [-0.05, 0) is 32.7 Å². The normalized spacial score (nSPS) is 12.2. The molecule has 0 saturated heterocycles. The van der Waals surface area contributed by atoms with Crippen LogP contribution in [0.5, 0.6) is 0 Å². The predicted octanol–water partition coefficient (Wildman–Crippen LogP) is 5.69. The van der Waals surface area contributed by atoms with Gasteiger partial charge in [0.15, 0.2) is 0 Å². The van der Waals surface area contributed by atoms with Crippen molar-refractivity contribution in [3.05, 3.63) is 60.7 Å². The van der Waals surface area contributed by atoms with E-state index in [0.29, 0.717) is 106 Å². The molecule has 9 nitrogen and oxygen atoms in total. The molecule has 0 bridgehead atoms. The molecule has 0 N–H and O–H groups in total. The number of unbranched alkanes of at least 4 members (excludes halogenated alkanes) is 3. The van der Waals surface area contributed by atoms with E-state index in [2.05, 4.69) is 104 Å². The van der Waals surface area contributed by atoms with E-state index < -0.39 is 8.32 Å². The summed E-state index contributed by atoms with van der Waals surface area (Å²) in [7, 11) is -2.53. The standard InChI is InChI=1S/C38H63IO9Si/c1-38(2,3)49(36-14-8-6-9-15-36,37-16-10-7-11-17-37)48-35-34-47-33-32-46-31-30-45-29-28-44-27-26-43-25-24-42-23-22-41-21-20-40-19-13-5-4-12-18-39/h6-11,14-17H,4-5,12-13,18-35H2,1-3H3. The van der Waals surface area contributed by atoms with Gasteiger partial charge in [-0.1, -0.05) is 117 Å². The van der Waals surface area contributed by atoms with Crippen LogP contribution >= 0.6 is 22.6 Å². The maximum atomic E-state index is 6.85. The summed E-state index contributed by atoms with van der Waals surface area (Å²) in [6.45, 7) is 16.3. The second-order valence-corrected chi connectivity index (χ2v) is 17.9. The molecule has 0 aliphatic carbocycles. The first kappa shape index (κ1) is 44.2. The number of alkyl halides is 1. The van der Waals surface area contributed by atoms with E-state index >= 15 is 0 Å². The second-order valence-electron chi connectivity index (χ2n) is 12.5. The van der Waals surface area contributed by atoms with Crippen molar-refractivity contribution in [1.29, 1.82) is 0 Å². The molecular weight excluding hydrogens is 755 g/mol. The van der Waals surface area contributed by atoms with Gasteiger partial charge in [-0.2, -0.15) is 0 Å². The number of hydrogen-bond donors (Lipinski definition) is 0. The summed E-state index contributed by atoms with van der Waals surface area (Å²) in [6.07, 6.45) is 4.98. The van der Waals surface area contributed by atoms with Crippen molar-refractivity contribution < 1.29 is 42.3 Å². The first-order valence-corrected chi connectivity index (χ1v) is 21.4. The van der Waals surface area contributed by atoms with Gasteiger partial charge in [0.05, 0.1) is 106 Å². The highest BCUT2D eigenvalue weighted by atomic mass is 127. The van der Waals surface area contributed by atoms with E-state index in [4.69, 9.17) is 42.3 Å². The van der Waals surface area contributed by atoms with Crippen LogP contribution in [0.2, 0.25) is 5.04 Å². The van der Waals surface area contributed by atoms with E-state index in [9.17, 15) is 0 Å². The molecule has 0 saturated carbocycles. The first-order chi connectivity index (χ1) is 24.0. The van der Waals surface area contributed by atoms with Crippen LogP contribution in [0.15, 0.2) is 60.7 Å². The smallest absolute Gasteiger partial charge is 0.261 e. The zero-order valence-corrected chi connectivity index (χ0v) is 33.5. The largest absolute Gasteiger partial charge is 0.405 e. The minimum absolute atomic E-state index is 0.0496. The molecule has 0 spiro atoms. The Hall–Kier alpha value is -0.973. The van der Waals surface area contributed by atoms with Crippen LogP contribution in [-0.2, 0) is 42.3 Å². The third-order valence-corrected chi connectivity index (χ3v) is 13.5. The van der Waals surface area contributed by atoms with Crippen LogP contribution < -0.4 is 10.4 Å². The summed E-state index contributed by atoms with van der Waals surface area (Å²) in [6, 6.07) is 21.3. The summed E-state index contributed by atoms with van der Waals surface area (Å²) in [5.74, 6) is 0. The molecule has 0 fully saturated rings. The molecule has 0 aliphatic rings. The van der Waals surface area contributed by atoms with Gasteiger partial charge in [0.1, 0.15) is 0 Å². The lowest BCUT2D eigenvalue weighted by molar-refractivity contribution is -0.0237. The predicted molar refractivity (Wildman–Crippen MR) is 207 cm³/mol. The lowest BCUT2D eigenvalue weighted by atomic mass is 10.2. The molecule has 2 rings (SSSR count). The molecule has 0 atom stereocenters. The van der Waals surface area contributed by atoms with Crippen molar-refractivity contribution in [3.8, 4) is 0 Å². The van der Waals surface area contributed by atoms with E-state index in [0.717, 1.165) is 13.0 Å². The van der Waals surface area contributed by atoms with Crippen LogP contribution in [0.3, 0.4) is 0 Å². The summed E-state index contributed by atoms with van der Waals surface area (Å²) >= 11 is 2.42. The van der Waals surface area contributed by atoms with Crippen LogP contribution in [0, 0.1) is 0 Å². The molecule has 0 unspecified atom stereocenters. The van der Waals surface area contributed by atoms with E-state index in [-0.39, 0.29) is 5.04 Å². The lowest BCUT2D eigenvalue weighted by Crippen LogP contribution is -2.66.